The Hall–Kier alpha value is -0.390. The molecule has 6 nitrogen and oxygen atoms in total. The van der Waals surface area contributed by atoms with Crippen LogP contribution in [0.4, 0.5) is 5.69 Å². The number of hydrogen-bond donors (Lipinski definition) is 0. The van der Waals surface area contributed by atoms with E-state index in [4.69, 9.17) is 2.51 Å². The molecule has 0 amide bonds. The summed E-state index contributed by atoms with van der Waals surface area (Å²) >= 11 is 6.14. The molecule has 2 aromatic rings. The van der Waals surface area contributed by atoms with Crippen molar-refractivity contribution < 1.29 is 7.44 Å². The molecule has 2 aromatic heterocycles. The van der Waals surface area contributed by atoms with Crippen molar-refractivity contribution in [2.45, 2.75) is 0 Å². The molecule has 84 valence electrons. The number of aromatic nitrogens is 2. The van der Waals surface area contributed by atoms with Crippen LogP contribution in [0, 0.1) is 10.1 Å². The number of halogens is 2. The van der Waals surface area contributed by atoms with E-state index in [2.05, 4.69) is 20.9 Å². The summed E-state index contributed by atoms with van der Waals surface area (Å²) in [4.78, 5) is 14.2. The van der Waals surface area contributed by atoms with E-state index in [1.165, 1.54) is 12.3 Å². The van der Waals surface area contributed by atoms with Crippen molar-refractivity contribution >= 4 is 67.9 Å². The summed E-state index contributed by atoms with van der Waals surface area (Å²) in [7, 11) is 0. The molecule has 0 fully saturated rings. The van der Waals surface area contributed by atoms with E-state index >= 15 is 0 Å². The Morgan fingerprint density at radius 2 is 2.44 bits per heavy atom. The quantitative estimate of drug-likeness (QED) is 0.332. The topological polar surface area (TPSA) is 70.2 Å². The van der Waals surface area contributed by atoms with Crippen LogP contribution in [0.15, 0.2) is 22.9 Å². The van der Waals surface area contributed by atoms with Gasteiger partial charge in [0.1, 0.15) is 41.4 Å². The van der Waals surface area contributed by atoms with Crippen molar-refractivity contribution in [3.8, 4) is 0 Å². The van der Waals surface area contributed by atoms with Crippen LogP contribution in [-0.2, 0) is 2.51 Å². The molecule has 0 aliphatic carbocycles. The van der Waals surface area contributed by atoms with Crippen LogP contribution in [-0.4, -0.2) is 13.9 Å². The highest BCUT2D eigenvalue weighted by Crippen LogP contribution is 2.31. The first kappa shape index (κ1) is 12.1. The number of nitro groups is 1. The molecule has 0 aliphatic heterocycles. The number of nitrogens with zero attached hydrogens (tertiary/aromatic N) is 3. The van der Waals surface area contributed by atoms with Crippen molar-refractivity contribution in [3.63, 3.8) is 0 Å². The summed E-state index contributed by atoms with van der Waals surface area (Å²) in [6, 6.07) is 1.47. The fraction of sp³-hybridized carbons (Fsp3) is 0. The molecule has 0 unspecified atom stereocenters. The van der Waals surface area contributed by atoms with Crippen LogP contribution < -0.4 is 0 Å². The Morgan fingerprint density at radius 1 is 1.69 bits per heavy atom. The van der Waals surface area contributed by atoms with Gasteiger partial charge < -0.3 is 0 Å². The lowest BCUT2D eigenvalue weighted by Gasteiger charge is -1.97. The second-order valence-electron chi connectivity index (χ2n) is 2.76. The van der Waals surface area contributed by atoms with Gasteiger partial charge in [-0.25, -0.2) is 11.5 Å². The second kappa shape index (κ2) is 4.85. The van der Waals surface area contributed by atoms with Crippen molar-refractivity contribution in [2.24, 2.45) is 0 Å². The van der Waals surface area contributed by atoms with E-state index in [0.29, 0.717) is 11.0 Å². The lowest BCUT2D eigenvalue weighted by molar-refractivity contribution is -0.385. The Bertz CT molecular complexity index is 561. The number of hydrogen-bond acceptors (Lipinski definition) is 5. The van der Waals surface area contributed by atoms with E-state index in [0.717, 1.165) is 16.7 Å². The van der Waals surface area contributed by atoms with Crippen LogP contribution in [0.2, 0.25) is 0 Å². The zero-order valence-electron chi connectivity index (χ0n) is 7.46. The summed E-state index contributed by atoms with van der Waals surface area (Å²) in [5.41, 5.74) is 0.575. The van der Waals surface area contributed by atoms with Gasteiger partial charge in [-0.05, 0) is 15.9 Å². The van der Waals surface area contributed by atoms with Crippen molar-refractivity contribution in [2.75, 3.05) is 0 Å². The Labute approximate surface area is 117 Å². The molecular weight excluding hydrogens is 413 g/mol. The highest BCUT2D eigenvalue weighted by atomic mass is 127. The molecule has 0 radical (unpaired) electrons. The maximum Gasteiger partial charge on any atom is 0.288 e. The highest BCUT2D eigenvalue weighted by Gasteiger charge is 2.14. The lowest BCUT2D eigenvalue weighted by Crippen LogP contribution is -1.91. The fourth-order valence-corrected chi connectivity index (χ4v) is 2.80. The van der Waals surface area contributed by atoms with Gasteiger partial charge in [-0.2, -0.15) is 0 Å². The van der Waals surface area contributed by atoms with Crippen LogP contribution in [0.25, 0.3) is 11.0 Å². The maximum atomic E-state index is 10.6. The number of rotatable bonds is 3. The summed E-state index contributed by atoms with van der Waals surface area (Å²) < 4.78 is 7.29. The van der Waals surface area contributed by atoms with E-state index in [1.807, 2.05) is 0 Å². The summed E-state index contributed by atoms with van der Waals surface area (Å²) in [5.74, 6) is 0. The van der Waals surface area contributed by atoms with Crippen LogP contribution in [0.5, 0.6) is 0 Å². The van der Waals surface area contributed by atoms with Gasteiger partial charge in [-0.15, -0.1) is 0 Å². The monoisotopic (exact) mass is 415 g/mol. The van der Waals surface area contributed by atoms with Crippen molar-refractivity contribution in [3.05, 3.63) is 33.0 Å². The van der Waals surface area contributed by atoms with Crippen molar-refractivity contribution in [1.82, 2.24) is 8.96 Å². The summed E-state index contributed by atoms with van der Waals surface area (Å²) in [6.45, 7) is 0. The maximum absolute atomic E-state index is 10.6. The Kier molecular flexibility index (Phi) is 3.66. The number of fused-ring (bicyclic) bond motifs is 1. The Balaban J connectivity index is 2.61. The lowest BCUT2D eigenvalue weighted by atomic mass is 10.3. The number of pyridine rings is 1. The van der Waals surface area contributed by atoms with Gasteiger partial charge in [-0.3, -0.25) is 10.1 Å². The predicted octanol–water partition coefficient (Wildman–Crippen LogP) is 3.48. The zero-order chi connectivity index (χ0) is 11.7. The van der Waals surface area contributed by atoms with E-state index in [-0.39, 0.29) is 5.69 Å². The molecule has 0 atom stereocenters. The fourth-order valence-electron chi connectivity index (χ4n) is 1.22. The van der Waals surface area contributed by atoms with Gasteiger partial charge >= 0.3 is 0 Å². The molecular formula is C7H3BrIN3O3S. The Morgan fingerprint density at radius 3 is 3.06 bits per heavy atom. The van der Waals surface area contributed by atoms with Crippen molar-refractivity contribution in [1.29, 1.82) is 0 Å². The third-order valence-electron chi connectivity index (χ3n) is 1.87. The normalized spacial score (nSPS) is 10.9. The molecule has 16 heavy (non-hydrogen) atoms. The first-order chi connectivity index (χ1) is 7.63. The van der Waals surface area contributed by atoms with Crippen LogP contribution >= 0.6 is 51.2 Å². The van der Waals surface area contributed by atoms with E-state index in [1.54, 1.807) is 33.2 Å². The average molecular weight is 416 g/mol. The van der Waals surface area contributed by atoms with Gasteiger partial charge in [0.15, 0.2) is 5.65 Å². The minimum Gasteiger partial charge on any atom is -0.258 e. The molecule has 0 aliphatic rings. The van der Waals surface area contributed by atoms with Gasteiger partial charge in [0.05, 0.1) is 4.92 Å². The molecule has 0 saturated carbocycles. The van der Waals surface area contributed by atoms with E-state index in [9.17, 15) is 10.1 Å². The third kappa shape index (κ3) is 2.17. The minimum absolute atomic E-state index is 0.0358. The SMILES string of the molecule is O=[N+]([O-])c1cnc2c(c1)c(Br)cn2SOI. The average Bonchev–Trinajstić information content (AvgIpc) is 2.56. The highest BCUT2D eigenvalue weighted by molar-refractivity contribution is 14.1. The summed E-state index contributed by atoms with van der Waals surface area (Å²) in [6.07, 6.45) is 2.96. The predicted molar refractivity (Wildman–Crippen MR) is 72.2 cm³/mol. The molecule has 9 heteroatoms. The van der Waals surface area contributed by atoms with Crippen LogP contribution in [0.1, 0.15) is 0 Å². The molecule has 0 N–H and O–H groups in total. The molecule has 0 aromatic carbocycles. The second-order valence-corrected chi connectivity index (χ2v) is 5.36. The van der Waals surface area contributed by atoms with Gasteiger partial charge in [0, 0.05) is 22.1 Å². The zero-order valence-corrected chi connectivity index (χ0v) is 12.0. The molecule has 2 rings (SSSR count). The smallest absolute Gasteiger partial charge is 0.258 e. The summed E-state index contributed by atoms with van der Waals surface area (Å²) in [5, 5.41) is 11.3. The molecule has 0 spiro atoms. The molecule has 0 bridgehead atoms. The standard InChI is InChI=1S/C7H3BrIN3O3S/c8-6-3-11(16-15-9)7-5(6)1-4(2-10-7)12(13)14/h1-3H. The van der Waals surface area contributed by atoms with Gasteiger partial charge in [0.2, 0.25) is 0 Å². The van der Waals surface area contributed by atoms with Crippen LogP contribution in [0.3, 0.4) is 0 Å². The van der Waals surface area contributed by atoms with E-state index < -0.39 is 4.92 Å². The minimum atomic E-state index is -0.474. The van der Waals surface area contributed by atoms with Gasteiger partial charge in [-0.1, -0.05) is 0 Å². The third-order valence-corrected chi connectivity index (χ3v) is 3.48. The first-order valence-electron chi connectivity index (χ1n) is 3.90. The first-order valence-corrected chi connectivity index (χ1v) is 6.27. The molecule has 0 saturated heterocycles. The largest absolute Gasteiger partial charge is 0.288 e. The molecule has 2 heterocycles. The van der Waals surface area contributed by atoms with Gasteiger partial charge in [0.25, 0.3) is 5.69 Å².